The molecule has 3 amide bonds. The van der Waals surface area contributed by atoms with Crippen LogP contribution in [0.4, 0.5) is 14.9 Å². The molecule has 0 bridgehead atoms. The smallest absolute Gasteiger partial charge is 0.323 e. The summed E-state index contributed by atoms with van der Waals surface area (Å²) in [4.78, 5) is 25.0. The molecule has 1 aliphatic carbocycles. The van der Waals surface area contributed by atoms with E-state index in [2.05, 4.69) is 21.2 Å². The predicted molar refractivity (Wildman–Crippen MR) is 67.1 cm³/mol. The zero-order chi connectivity index (χ0) is 13.1. The summed E-state index contributed by atoms with van der Waals surface area (Å²) in [6.07, 6.45) is 1.28. The highest BCUT2D eigenvalue weighted by molar-refractivity contribution is 9.10. The van der Waals surface area contributed by atoms with Crippen molar-refractivity contribution in [1.29, 1.82) is 0 Å². The predicted octanol–water partition coefficient (Wildman–Crippen LogP) is 2.83. The Bertz CT molecular complexity index is 589. The molecule has 1 aromatic carbocycles. The molecule has 2 fully saturated rings. The number of hydrogen-bond donors (Lipinski definition) is 1. The Morgan fingerprint density at radius 1 is 1.39 bits per heavy atom. The van der Waals surface area contributed by atoms with Gasteiger partial charge in [0.2, 0.25) is 0 Å². The topological polar surface area (TPSA) is 49.4 Å². The van der Waals surface area contributed by atoms with Crippen molar-refractivity contribution in [1.82, 2.24) is 5.32 Å². The average Bonchev–Trinajstić information content (AvgIpc) is 3.01. The maximum Gasteiger partial charge on any atom is 0.329 e. The van der Waals surface area contributed by atoms with Crippen molar-refractivity contribution < 1.29 is 14.0 Å². The molecule has 0 unspecified atom stereocenters. The van der Waals surface area contributed by atoms with Crippen LogP contribution in [0.3, 0.4) is 0 Å². The Morgan fingerprint density at radius 3 is 2.61 bits per heavy atom. The van der Waals surface area contributed by atoms with Crippen LogP contribution in [0.15, 0.2) is 16.6 Å². The van der Waals surface area contributed by atoms with E-state index in [0.717, 1.165) is 11.0 Å². The van der Waals surface area contributed by atoms with Gasteiger partial charge in [0.25, 0.3) is 5.91 Å². The molecule has 1 N–H and O–H groups in total. The van der Waals surface area contributed by atoms with E-state index in [1.54, 1.807) is 0 Å². The largest absolute Gasteiger partial charge is 0.329 e. The third-order valence-corrected chi connectivity index (χ3v) is 4.07. The SMILES string of the molecule is O=C1NC2(CC2)C(=O)N1c1cc(Cl)c(F)cc1Br. The average molecular weight is 334 g/mol. The Balaban J connectivity index is 2.08. The number of carbonyl (C=O) groups is 2. The number of anilines is 1. The van der Waals surface area contributed by atoms with E-state index in [-0.39, 0.29) is 16.6 Å². The number of nitrogens with zero attached hydrogens (tertiary/aromatic N) is 1. The van der Waals surface area contributed by atoms with Crippen molar-refractivity contribution >= 4 is 45.2 Å². The number of hydrogen-bond acceptors (Lipinski definition) is 2. The van der Waals surface area contributed by atoms with Gasteiger partial charge < -0.3 is 5.32 Å². The molecular weight excluding hydrogens is 326 g/mol. The standard InChI is InChI=1S/C11H7BrClFN2O2/c12-5-3-7(14)6(13)4-8(5)16-9(17)11(1-2-11)15-10(16)18/h3-4H,1-2H2,(H,15,18). The lowest BCUT2D eigenvalue weighted by Gasteiger charge is -2.15. The molecule has 0 radical (unpaired) electrons. The van der Waals surface area contributed by atoms with Crippen LogP contribution in [0.1, 0.15) is 12.8 Å². The second-order valence-electron chi connectivity index (χ2n) is 4.37. The summed E-state index contributed by atoms with van der Waals surface area (Å²) in [6.45, 7) is 0. The van der Waals surface area contributed by atoms with E-state index in [4.69, 9.17) is 11.6 Å². The van der Waals surface area contributed by atoms with Crippen LogP contribution in [0.2, 0.25) is 5.02 Å². The Labute approximate surface area is 115 Å². The number of urea groups is 1. The fraction of sp³-hybridized carbons (Fsp3) is 0.273. The minimum atomic E-state index is -0.739. The van der Waals surface area contributed by atoms with Gasteiger partial charge in [-0.05, 0) is 40.9 Å². The Hall–Kier alpha value is -1.14. The lowest BCUT2D eigenvalue weighted by molar-refractivity contribution is -0.119. The summed E-state index contributed by atoms with van der Waals surface area (Å²) in [5.74, 6) is -0.920. The highest BCUT2D eigenvalue weighted by Crippen LogP contribution is 2.44. The second kappa shape index (κ2) is 3.68. The van der Waals surface area contributed by atoms with E-state index in [1.165, 1.54) is 6.07 Å². The van der Waals surface area contributed by atoms with Gasteiger partial charge in [-0.2, -0.15) is 0 Å². The summed E-state index contributed by atoms with van der Waals surface area (Å²) < 4.78 is 13.5. The van der Waals surface area contributed by atoms with Crippen molar-refractivity contribution in [2.45, 2.75) is 18.4 Å². The first-order valence-corrected chi connectivity index (χ1v) is 6.43. The molecule has 0 atom stereocenters. The third-order valence-electron chi connectivity index (χ3n) is 3.14. The molecule has 4 nitrogen and oxygen atoms in total. The molecule has 0 aromatic heterocycles. The van der Waals surface area contributed by atoms with Gasteiger partial charge in [-0.1, -0.05) is 11.6 Å². The quantitative estimate of drug-likeness (QED) is 0.634. The Morgan fingerprint density at radius 2 is 2.06 bits per heavy atom. The van der Waals surface area contributed by atoms with Gasteiger partial charge >= 0.3 is 6.03 Å². The fourth-order valence-electron chi connectivity index (χ4n) is 1.99. The number of benzene rings is 1. The highest BCUT2D eigenvalue weighted by Gasteiger charge is 2.60. The number of imide groups is 1. The van der Waals surface area contributed by atoms with Gasteiger partial charge in [0.15, 0.2) is 0 Å². The van der Waals surface area contributed by atoms with E-state index in [9.17, 15) is 14.0 Å². The molecule has 2 aliphatic rings. The number of rotatable bonds is 1. The van der Waals surface area contributed by atoms with E-state index in [0.29, 0.717) is 17.3 Å². The van der Waals surface area contributed by atoms with Crippen LogP contribution >= 0.6 is 27.5 Å². The van der Waals surface area contributed by atoms with Crippen LogP contribution in [0.5, 0.6) is 0 Å². The van der Waals surface area contributed by atoms with Gasteiger partial charge in [0.05, 0.1) is 10.7 Å². The summed E-state index contributed by atoms with van der Waals surface area (Å²) in [5.41, 5.74) is -0.482. The number of halogens is 3. The van der Waals surface area contributed by atoms with Crippen LogP contribution in [0, 0.1) is 5.82 Å². The van der Waals surface area contributed by atoms with Crippen LogP contribution in [-0.2, 0) is 4.79 Å². The Kier molecular flexibility index (Phi) is 2.44. The van der Waals surface area contributed by atoms with Crippen molar-refractivity contribution in [3.8, 4) is 0 Å². The van der Waals surface area contributed by atoms with E-state index in [1.807, 2.05) is 0 Å². The van der Waals surface area contributed by atoms with Gasteiger partial charge in [-0.25, -0.2) is 14.1 Å². The maximum atomic E-state index is 13.2. The van der Waals surface area contributed by atoms with Gasteiger partial charge in [-0.15, -0.1) is 0 Å². The molecule has 1 saturated carbocycles. The van der Waals surface area contributed by atoms with Crippen molar-refractivity contribution in [3.05, 3.63) is 27.4 Å². The zero-order valence-corrected chi connectivity index (χ0v) is 11.3. The molecule has 1 spiro atoms. The number of amides is 3. The van der Waals surface area contributed by atoms with Crippen LogP contribution in [0.25, 0.3) is 0 Å². The summed E-state index contributed by atoms with van der Waals surface area (Å²) in [5, 5.41) is 2.51. The monoisotopic (exact) mass is 332 g/mol. The minimum absolute atomic E-state index is 0.134. The first-order valence-electron chi connectivity index (χ1n) is 5.26. The fourth-order valence-corrected chi connectivity index (χ4v) is 2.64. The minimum Gasteiger partial charge on any atom is -0.323 e. The maximum absolute atomic E-state index is 13.2. The van der Waals surface area contributed by atoms with Crippen molar-refractivity contribution in [2.24, 2.45) is 0 Å². The summed E-state index contributed by atoms with van der Waals surface area (Å²) in [6, 6.07) is 1.90. The first kappa shape index (κ1) is 11.9. The second-order valence-corrected chi connectivity index (χ2v) is 5.63. The van der Waals surface area contributed by atoms with Crippen LogP contribution in [-0.4, -0.2) is 17.5 Å². The molecule has 1 aromatic rings. The molecule has 1 saturated heterocycles. The molecule has 1 heterocycles. The summed E-state index contributed by atoms with van der Waals surface area (Å²) >= 11 is 8.81. The number of nitrogens with one attached hydrogen (secondary N) is 1. The normalized spacial score (nSPS) is 20.5. The molecule has 3 rings (SSSR count). The molecule has 18 heavy (non-hydrogen) atoms. The molecular formula is C11H7BrClFN2O2. The lowest BCUT2D eigenvalue weighted by Crippen LogP contribution is -2.32. The zero-order valence-electron chi connectivity index (χ0n) is 8.97. The molecule has 7 heteroatoms. The number of carbonyl (C=O) groups excluding carboxylic acids is 2. The highest BCUT2D eigenvalue weighted by atomic mass is 79.9. The molecule has 94 valence electrons. The van der Waals surface area contributed by atoms with E-state index < -0.39 is 17.4 Å². The molecule has 1 aliphatic heterocycles. The summed E-state index contributed by atoms with van der Waals surface area (Å²) in [7, 11) is 0. The van der Waals surface area contributed by atoms with Crippen LogP contribution < -0.4 is 10.2 Å². The van der Waals surface area contributed by atoms with Gasteiger partial charge in [0.1, 0.15) is 11.4 Å². The van der Waals surface area contributed by atoms with Crippen molar-refractivity contribution in [2.75, 3.05) is 4.90 Å². The van der Waals surface area contributed by atoms with Gasteiger partial charge in [-0.3, -0.25) is 4.79 Å². The van der Waals surface area contributed by atoms with Gasteiger partial charge in [0, 0.05) is 4.47 Å². The first-order chi connectivity index (χ1) is 8.44. The lowest BCUT2D eigenvalue weighted by atomic mass is 10.2. The third kappa shape index (κ3) is 1.55. The van der Waals surface area contributed by atoms with E-state index >= 15 is 0 Å². The van der Waals surface area contributed by atoms with Crippen molar-refractivity contribution in [3.63, 3.8) is 0 Å².